The second-order valence-corrected chi connectivity index (χ2v) is 4.07. The molecule has 0 aliphatic heterocycles. The smallest absolute Gasteiger partial charge is 0.204 e. The number of aliphatic hydroxyl groups excluding tert-OH is 1. The van der Waals surface area contributed by atoms with Crippen LogP contribution in [0.15, 0.2) is 12.4 Å². The van der Waals surface area contributed by atoms with E-state index in [1.165, 1.54) is 0 Å². The van der Waals surface area contributed by atoms with Gasteiger partial charge in [0, 0.05) is 23.4 Å². The maximum atomic E-state index is 8.77. The van der Waals surface area contributed by atoms with Gasteiger partial charge in [-0.2, -0.15) is 0 Å². The summed E-state index contributed by atoms with van der Waals surface area (Å²) in [5, 5.41) is 8.77. The summed E-state index contributed by atoms with van der Waals surface area (Å²) in [5.74, 6) is 6.42. The topological polar surface area (TPSA) is 46.0 Å². The molecule has 3 heteroatoms. The van der Waals surface area contributed by atoms with Crippen molar-refractivity contribution in [1.29, 1.82) is 0 Å². The molecule has 14 heavy (non-hydrogen) atoms. The molecule has 1 aromatic rings. The Balaban J connectivity index is 2.82. The van der Waals surface area contributed by atoms with E-state index in [1.807, 2.05) is 20.8 Å². The fraction of sp³-hybridized carbons (Fsp3) is 0.455. The molecule has 1 rings (SSSR count). The molecule has 3 nitrogen and oxygen atoms in total. The van der Waals surface area contributed by atoms with Crippen LogP contribution < -0.4 is 0 Å². The minimum absolute atomic E-state index is 0.0347. The summed E-state index contributed by atoms with van der Waals surface area (Å²) in [5.41, 5.74) is 0.658. The molecule has 0 amide bonds. The molecule has 74 valence electrons. The van der Waals surface area contributed by atoms with Crippen molar-refractivity contribution in [2.45, 2.75) is 27.4 Å². The van der Waals surface area contributed by atoms with Gasteiger partial charge in [0.05, 0.1) is 6.61 Å². The van der Waals surface area contributed by atoms with E-state index >= 15 is 0 Å². The van der Waals surface area contributed by atoms with E-state index in [4.69, 9.17) is 5.11 Å². The van der Waals surface area contributed by atoms with E-state index in [2.05, 4.69) is 21.8 Å². The van der Waals surface area contributed by atoms with Crippen LogP contribution in [-0.4, -0.2) is 15.1 Å². The van der Waals surface area contributed by atoms with E-state index in [-0.39, 0.29) is 12.0 Å². The quantitative estimate of drug-likeness (QED) is 0.680. The summed E-state index contributed by atoms with van der Waals surface area (Å²) in [7, 11) is 0. The zero-order valence-corrected chi connectivity index (χ0v) is 8.70. The third kappa shape index (κ3) is 3.55. The van der Waals surface area contributed by atoms with E-state index in [1.54, 1.807) is 12.4 Å². The van der Waals surface area contributed by atoms with Crippen molar-refractivity contribution < 1.29 is 5.11 Å². The molecule has 1 N–H and O–H groups in total. The van der Waals surface area contributed by atoms with Gasteiger partial charge < -0.3 is 5.11 Å². The van der Waals surface area contributed by atoms with Crippen LogP contribution >= 0.6 is 0 Å². The lowest BCUT2D eigenvalue weighted by Gasteiger charge is -2.06. The largest absolute Gasteiger partial charge is 0.392 e. The fourth-order valence-electron chi connectivity index (χ4n) is 0.744. The van der Waals surface area contributed by atoms with Crippen molar-refractivity contribution >= 4 is 0 Å². The Morgan fingerprint density at radius 1 is 1.29 bits per heavy atom. The van der Waals surface area contributed by atoms with Gasteiger partial charge in [-0.05, 0) is 26.7 Å². The lowest BCUT2D eigenvalue weighted by atomic mass is 9.98. The standard InChI is InChI=1S/C11H14N2O/c1-11(2,3)5-4-10-12-6-9(8-14)7-13-10/h6-7,14H,8H2,1-3H3. The van der Waals surface area contributed by atoms with Crippen LogP contribution in [-0.2, 0) is 6.61 Å². The van der Waals surface area contributed by atoms with Crippen molar-refractivity contribution in [2.24, 2.45) is 5.41 Å². The van der Waals surface area contributed by atoms with Crippen LogP contribution in [0.5, 0.6) is 0 Å². The van der Waals surface area contributed by atoms with Gasteiger partial charge in [0.1, 0.15) is 0 Å². The molecule has 0 spiro atoms. The van der Waals surface area contributed by atoms with Crippen molar-refractivity contribution in [3.8, 4) is 11.8 Å². The molecule has 0 aliphatic carbocycles. The summed E-state index contributed by atoms with van der Waals surface area (Å²) in [6.07, 6.45) is 3.17. The maximum absolute atomic E-state index is 8.77. The molecule has 0 unspecified atom stereocenters. The third-order valence-corrected chi connectivity index (χ3v) is 1.44. The first-order valence-corrected chi connectivity index (χ1v) is 4.46. The van der Waals surface area contributed by atoms with Gasteiger partial charge in [0.25, 0.3) is 0 Å². The Morgan fingerprint density at radius 2 is 1.86 bits per heavy atom. The summed E-state index contributed by atoms with van der Waals surface area (Å²) in [6.45, 7) is 6.05. The highest BCUT2D eigenvalue weighted by atomic mass is 16.3. The molecule has 0 saturated heterocycles. The first-order chi connectivity index (χ1) is 6.51. The van der Waals surface area contributed by atoms with E-state index in [0.717, 1.165) is 0 Å². The number of nitrogens with zero attached hydrogens (tertiary/aromatic N) is 2. The van der Waals surface area contributed by atoms with E-state index in [0.29, 0.717) is 11.4 Å². The molecule has 0 radical (unpaired) electrons. The lowest BCUT2D eigenvalue weighted by molar-refractivity contribution is 0.281. The van der Waals surface area contributed by atoms with Gasteiger partial charge in [-0.25, -0.2) is 9.97 Å². The molecule has 0 bridgehead atoms. The highest BCUT2D eigenvalue weighted by Crippen LogP contribution is 2.10. The predicted octanol–water partition coefficient (Wildman–Crippen LogP) is 1.37. The summed E-state index contributed by atoms with van der Waals surface area (Å²) < 4.78 is 0. The summed E-state index contributed by atoms with van der Waals surface area (Å²) >= 11 is 0. The monoisotopic (exact) mass is 190 g/mol. The van der Waals surface area contributed by atoms with Crippen LogP contribution in [0.3, 0.4) is 0 Å². The average molecular weight is 190 g/mol. The van der Waals surface area contributed by atoms with Crippen LogP contribution in [0.2, 0.25) is 0 Å². The van der Waals surface area contributed by atoms with Gasteiger partial charge >= 0.3 is 0 Å². The molecule has 1 aromatic heterocycles. The molecule has 0 atom stereocenters. The minimum Gasteiger partial charge on any atom is -0.392 e. The zero-order valence-electron chi connectivity index (χ0n) is 8.70. The van der Waals surface area contributed by atoms with E-state index < -0.39 is 0 Å². The zero-order chi connectivity index (χ0) is 10.6. The van der Waals surface area contributed by atoms with Crippen molar-refractivity contribution in [2.75, 3.05) is 0 Å². The Bertz CT molecular complexity index is 352. The number of aliphatic hydroxyl groups is 1. The van der Waals surface area contributed by atoms with Crippen molar-refractivity contribution in [3.05, 3.63) is 23.8 Å². The second-order valence-electron chi connectivity index (χ2n) is 4.07. The Kier molecular flexibility index (Phi) is 3.21. The highest BCUT2D eigenvalue weighted by Gasteiger charge is 2.03. The van der Waals surface area contributed by atoms with E-state index in [9.17, 15) is 0 Å². The third-order valence-electron chi connectivity index (χ3n) is 1.44. The van der Waals surface area contributed by atoms with Gasteiger partial charge in [0.15, 0.2) is 0 Å². The van der Waals surface area contributed by atoms with Crippen LogP contribution in [0.25, 0.3) is 0 Å². The molecular formula is C11H14N2O. The van der Waals surface area contributed by atoms with Crippen molar-refractivity contribution in [3.63, 3.8) is 0 Å². The van der Waals surface area contributed by atoms with Crippen LogP contribution in [0, 0.1) is 17.3 Å². The molecule has 0 aromatic carbocycles. The Labute approximate surface area is 84.2 Å². The van der Waals surface area contributed by atoms with Crippen LogP contribution in [0.4, 0.5) is 0 Å². The number of hydrogen-bond acceptors (Lipinski definition) is 3. The fourth-order valence-corrected chi connectivity index (χ4v) is 0.744. The van der Waals surface area contributed by atoms with Crippen molar-refractivity contribution in [1.82, 2.24) is 9.97 Å². The average Bonchev–Trinajstić information content (AvgIpc) is 2.14. The first-order valence-electron chi connectivity index (χ1n) is 4.46. The number of hydrogen-bond donors (Lipinski definition) is 1. The second kappa shape index (κ2) is 4.21. The first kappa shape index (κ1) is 10.7. The SMILES string of the molecule is CC(C)(C)C#Cc1ncc(CO)cn1. The maximum Gasteiger partial charge on any atom is 0.204 e. The van der Waals surface area contributed by atoms with Crippen LogP contribution in [0.1, 0.15) is 32.2 Å². The molecule has 1 heterocycles. The Hall–Kier alpha value is -1.40. The molecule has 0 fully saturated rings. The highest BCUT2D eigenvalue weighted by molar-refractivity contribution is 5.23. The normalized spacial score (nSPS) is 10.6. The van der Waals surface area contributed by atoms with Gasteiger partial charge in [-0.15, -0.1) is 0 Å². The Morgan fingerprint density at radius 3 is 2.29 bits per heavy atom. The number of aromatic nitrogens is 2. The number of rotatable bonds is 1. The molecule has 0 saturated carbocycles. The predicted molar refractivity (Wildman–Crippen MR) is 54.3 cm³/mol. The van der Waals surface area contributed by atoms with Gasteiger partial charge in [-0.1, -0.05) is 5.92 Å². The van der Waals surface area contributed by atoms with Gasteiger partial charge in [0.2, 0.25) is 5.82 Å². The molecular weight excluding hydrogens is 176 g/mol. The van der Waals surface area contributed by atoms with Gasteiger partial charge in [-0.3, -0.25) is 0 Å². The molecule has 0 aliphatic rings. The summed E-state index contributed by atoms with van der Waals surface area (Å²) in [6, 6.07) is 0. The summed E-state index contributed by atoms with van der Waals surface area (Å²) in [4.78, 5) is 8.02. The lowest BCUT2D eigenvalue weighted by Crippen LogP contribution is -2.00. The minimum atomic E-state index is -0.0426.